The Hall–Kier alpha value is -1.13. The van der Waals surface area contributed by atoms with E-state index in [4.69, 9.17) is 17.3 Å². The lowest BCUT2D eigenvalue weighted by Gasteiger charge is -2.20. The van der Waals surface area contributed by atoms with E-state index >= 15 is 0 Å². The Labute approximate surface area is 111 Å². The molecule has 1 aromatic rings. The van der Waals surface area contributed by atoms with E-state index < -0.39 is 11.9 Å². The predicted octanol–water partition coefficient (Wildman–Crippen LogP) is 1.97. The molecule has 2 N–H and O–H groups in total. The predicted molar refractivity (Wildman–Crippen MR) is 68.9 cm³/mol. The summed E-state index contributed by atoms with van der Waals surface area (Å²) in [5, 5.41) is 0.343. The van der Waals surface area contributed by atoms with Crippen LogP contribution in [-0.4, -0.2) is 29.9 Å². The molecule has 0 aliphatic carbocycles. The normalized spacial score (nSPS) is 16.9. The van der Waals surface area contributed by atoms with Gasteiger partial charge in [-0.25, -0.2) is 4.39 Å². The van der Waals surface area contributed by atoms with Crippen LogP contribution in [0.1, 0.15) is 18.4 Å². The van der Waals surface area contributed by atoms with Crippen LogP contribution >= 0.6 is 11.6 Å². The molecule has 3 nitrogen and oxygen atoms in total. The van der Waals surface area contributed by atoms with Crippen molar-refractivity contribution in [3.05, 3.63) is 34.6 Å². The molecule has 1 fully saturated rings. The molecule has 0 radical (unpaired) electrons. The van der Waals surface area contributed by atoms with Gasteiger partial charge in [0.05, 0.1) is 6.04 Å². The fraction of sp³-hybridized carbons (Fsp3) is 0.462. The van der Waals surface area contributed by atoms with Crippen molar-refractivity contribution >= 4 is 17.5 Å². The molecule has 1 aliphatic rings. The minimum atomic E-state index is -0.682. The Kier molecular flexibility index (Phi) is 4.19. The number of hydrogen-bond acceptors (Lipinski definition) is 2. The summed E-state index contributed by atoms with van der Waals surface area (Å²) < 4.78 is 13.6. The zero-order valence-corrected chi connectivity index (χ0v) is 10.8. The molecular weight excluding hydrogens is 255 g/mol. The number of nitrogens with zero attached hydrogens (tertiary/aromatic N) is 1. The van der Waals surface area contributed by atoms with Crippen molar-refractivity contribution in [2.45, 2.75) is 25.3 Å². The zero-order chi connectivity index (χ0) is 13.1. The standard InChI is InChI=1S/C13H16ClFN2O/c14-10-4-3-9(11(15)8-10)7-12(16)13(18)17-5-1-2-6-17/h3-4,8,12H,1-2,5-7,16H2/t12-/m0/s1. The average Bonchev–Trinajstić information content (AvgIpc) is 2.85. The molecule has 1 amide bonds. The van der Waals surface area contributed by atoms with Crippen LogP contribution in [0.25, 0.3) is 0 Å². The maximum Gasteiger partial charge on any atom is 0.239 e. The summed E-state index contributed by atoms with van der Waals surface area (Å²) >= 11 is 5.67. The van der Waals surface area contributed by atoms with E-state index in [1.807, 2.05) is 0 Å². The number of nitrogens with two attached hydrogens (primary N) is 1. The maximum absolute atomic E-state index is 13.6. The van der Waals surface area contributed by atoms with Gasteiger partial charge in [-0.3, -0.25) is 4.79 Å². The molecular formula is C13H16ClFN2O. The molecule has 18 heavy (non-hydrogen) atoms. The van der Waals surface area contributed by atoms with Crippen LogP contribution in [0.4, 0.5) is 4.39 Å². The maximum atomic E-state index is 13.6. The minimum Gasteiger partial charge on any atom is -0.341 e. The van der Waals surface area contributed by atoms with Gasteiger partial charge in [0.25, 0.3) is 0 Å². The highest BCUT2D eigenvalue weighted by atomic mass is 35.5. The van der Waals surface area contributed by atoms with Gasteiger partial charge in [0.2, 0.25) is 5.91 Å². The van der Waals surface area contributed by atoms with E-state index in [-0.39, 0.29) is 12.3 Å². The van der Waals surface area contributed by atoms with Gasteiger partial charge >= 0.3 is 0 Å². The lowest BCUT2D eigenvalue weighted by Crippen LogP contribution is -2.43. The van der Waals surface area contributed by atoms with Crippen molar-refractivity contribution in [2.75, 3.05) is 13.1 Å². The monoisotopic (exact) mass is 270 g/mol. The highest BCUT2D eigenvalue weighted by Gasteiger charge is 2.24. The summed E-state index contributed by atoms with van der Waals surface area (Å²) in [7, 11) is 0. The van der Waals surface area contributed by atoms with Crippen LogP contribution in [0.5, 0.6) is 0 Å². The SMILES string of the molecule is N[C@@H](Cc1ccc(Cl)cc1F)C(=O)N1CCCC1. The summed E-state index contributed by atoms with van der Waals surface area (Å²) in [6.07, 6.45) is 2.25. The fourth-order valence-electron chi connectivity index (χ4n) is 2.18. The molecule has 5 heteroatoms. The largest absolute Gasteiger partial charge is 0.341 e. The molecule has 1 heterocycles. The molecule has 1 aliphatic heterocycles. The first-order valence-corrected chi connectivity index (χ1v) is 6.44. The number of amides is 1. The number of carbonyl (C=O) groups is 1. The molecule has 0 unspecified atom stereocenters. The molecule has 0 bridgehead atoms. The first-order chi connectivity index (χ1) is 8.58. The third kappa shape index (κ3) is 3.00. The molecule has 0 saturated carbocycles. The van der Waals surface area contributed by atoms with Crippen molar-refractivity contribution in [3.8, 4) is 0 Å². The van der Waals surface area contributed by atoms with E-state index in [0.717, 1.165) is 25.9 Å². The Morgan fingerprint density at radius 1 is 1.44 bits per heavy atom. The quantitative estimate of drug-likeness (QED) is 0.913. The van der Waals surface area contributed by atoms with E-state index in [0.29, 0.717) is 10.6 Å². The third-order valence-corrected chi connectivity index (χ3v) is 3.42. The van der Waals surface area contributed by atoms with E-state index in [1.54, 1.807) is 17.0 Å². The van der Waals surface area contributed by atoms with Gasteiger partial charge in [0.1, 0.15) is 5.82 Å². The van der Waals surface area contributed by atoms with Gasteiger partial charge < -0.3 is 10.6 Å². The molecule has 0 aromatic heterocycles. The minimum absolute atomic E-state index is 0.0955. The van der Waals surface area contributed by atoms with E-state index in [9.17, 15) is 9.18 Å². The first kappa shape index (κ1) is 13.3. The van der Waals surface area contributed by atoms with Crippen LogP contribution in [0.2, 0.25) is 5.02 Å². The first-order valence-electron chi connectivity index (χ1n) is 6.06. The highest BCUT2D eigenvalue weighted by Crippen LogP contribution is 2.17. The smallest absolute Gasteiger partial charge is 0.239 e. The van der Waals surface area contributed by atoms with Gasteiger partial charge in [-0.2, -0.15) is 0 Å². The Morgan fingerprint density at radius 2 is 2.11 bits per heavy atom. The summed E-state index contributed by atoms with van der Waals surface area (Å²) in [4.78, 5) is 13.7. The molecule has 2 rings (SSSR count). The van der Waals surface area contributed by atoms with Gasteiger partial charge in [0, 0.05) is 18.1 Å². The lowest BCUT2D eigenvalue weighted by molar-refractivity contribution is -0.131. The van der Waals surface area contributed by atoms with Crippen molar-refractivity contribution < 1.29 is 9.18 Å². The topological polar surface area (TPSA) is 46.3 Å². The van der Waals surface area contributed by atoms with Crippen LogP contribution in [0, 0.1) is 5.82 Å². The van der Waals surface area contributed by atoms with E-state index in [1.165, 1.54) is 6.07 Å². The summed E-state index contributed by atoms with van der Waals surface area (Å²) in [6, 6.07) is 3.74. The number of likely N-dealkylation sites (tertiary alicyclic amines) is 1. The summed E-state index contributed by atoms with van der Waals surface area (Å²) in [6.45, 7) is 1.52. The van der Waals surface area contributed by atoms with Gasteiger partial charge in [-0.1, -0.05) is 17.7 Å². The van der Waals surface area contributed by atoms with Crippen molar-refractivity contribution in [1.82, 2.24) is 4.90 Å². The average molecular weight is 271 g/mol. The Morgan fingerprint density at radius 3 is 2.72 bits per heavy atom. The van der Waals surface area contributed by atoms with Gasteiger partial charge in [-0.15, -0.1) is 0 Å². The van der Waals surface area contributed by atoms with Crippen molar-refractivity contribution in [2.24, 2.45) is 5.73 Å². The number of halogens is 2. The number of hydrogen-bond donors (Lipinski definition) is 1. The van der Waals surface area contributed by atoms with Crippen LogP contribution < -0.4 is 5.73 Å². The molecule has 1 aromatic carbocycles. The molecule has 1 saturated heterocycles. The second-order valence-electron chi connectivity index (χ2n) is 4.58. The van der Waals surface area contributed by atoms with Gasteiger partial charge in [-0.05, 0) is 37.0 Å². The fourth-order valence-corrected chi connectivity index (χ4v) is 2.34. The Bertz CT molecular complexity index is 447. The summed E-state index contributed by atoms with van der Waals surface area (Å²) in [5.41, 5.74) is 6.28. The number of benzene rings is 1. The van der Waals surface area contributed by atoms with Crippen LogP contribution in [-0.2, 0) is 11.2 Å². The van der Waals surface area contributed by atoms with Crippen LogP contribution in [0.15, 0.2) is 18.2 Å². The number of carbonyl (C=O) groups excluding carboxylic acids is 1. The molecule has 0 spiro atoms. The van der Waals surface area contributed by atoms with Crippen molar-refractivity contribution in [1.29, 1.82) is 0 Å². The zero-order valence-electron chi connectivity index (χ0n) is 10.0. The molecule has 98 valence electrons. The molecule has 1 atom stereocenters. The van der Waals surface area contributed by atoms with E-state index in [2.05, 4.69) is 0 Å². The lowest BCUT2D eigenvalue weighted by atomic mass is 10.1. The van der Waals surface area contributed by atoms with Crippen molar-refractivity contribution in [3.63, 3.8) is 0 Å². The third-order valence-electron chi connectivity index (χ3n) is 3.19. The second kappa shape index (κ2) is 5.67. The van der Waals surface area contributed by atoms with Crippen LogP contribution in [0.3, 0.4) is 0 Å². The second-order valence-corrected chi connectivity index (χ2v) is 5.02. The number of rotatable bonds is 3. The van der Waals surface area contributed by atoms with Gasteiger partial charge in [0.15, 0.2) is 0 Å². The summed E-state index contributed by atoms with van der Waals surface area (Å²) in [5.74, 6) is -0.506. The highest BCUT2D eigenvalue weighted by molar-refractivity contribution is 6.30. The Balaban J connectivity index is 2.01.